The van der Waals surface area contributed by atoms with Gasteiger partial charge in [0.2, 0.25) is 0 Å². The molecule has 5 nitrogen and oxygen atoms in total. The molecule has 1 aliphatic heterocycles. The third-order valence-electron chi connectivity index (χ3n) is 4.36. The molecule has 1 aromatic rings. The van der Waals surface area contributed by atoms with Crippen LogP contribution in [0.2, 0.25) is 0 Å². The van der Waals surface area contributed by atoms with Gasteiger partial charge in [-0.15, -0.1) is 0 Å². The molecule has 1 unspecified atom stereocenters. The van der Waals surface area contributed by atoms with Gasteiger partial charge in [0.15, 0.2) is 5.96 Å². The van der Waals surface area contributed by atoms with Crippen molar-refractivity contribution in [2.24, 2.45) is 4.99 Å². The molecule has 27 heavy (non-hydrogen) atoms. The number of hydrogen-bond donors (Lipinski definition) is 1. The summed E-state index contributed by atoms with van der Waals surface area (Å²) in [4.78, 5) is 6.40. The Labute approximate surface area is 158 Å². The van der Waals surface area contributed by atoms with Crippen LogP contribution in [0.5, 0.6) is 0 Å². The first-order chi connectivity index (χ1) is 12.8. The van der Waals surface area contributed by atoms with E-state index in [0.717, 1.165) is 5.96 Å². The molecule has 1 saturated heterocycles. The van der Waals surface area contributed by atoms with E-state index in [0.29, 0.717) is 32.7 Å². The number of nitrogens with one attached hydrogen (secondary N) is 1. The first kappa shape index (κ1) is 21.5. The Bertz CT molecular complexity index is 635. The van der Waals surface area contributed by atoms with Gasteiger partial charge in [-0.25, -0.2) is 0 Å². The fourth-order valence-electron chi connectivity index (χ4n) is 3.11. The molecule has 1 aliphatic rings. The standard InChI is InChI=1S/C19H28F3N3O2/c1-14-5-6-16(15(2)11-14)17-12-25(8-10-27-17)18(23-3)24-7-4-9-26-13-19(20,21)22/h5-6,11,17H,4,7-10,12-13H2,1-3H3,(H,23,24). The maximum atomic E-state index is 12.0. The zero-order chi connectivity index (χ0) is 19.9. The highest BCUT2D eigenvalue weighted by Gasteiger charge is 2.27. The van der Waals surface area contributed by atoms with Gasteiger partial charge < -0.3 is 19.7 Å². The van der Waals surface area contributed by atoms with Crippen LogP contribution < -0.4 is 5.32 Å². The Kier molecular flexibility index (Phi) is 7.91. The van der Waals surface area contributed by atoms with Gasteiger partial charge >= 0.3 is 6.18 Å². The number of rotatable bonds is 6. The molecule has 1 heterocycles. The van der Waals surface area contributed by atoms with Crippen molar-refractivity contribution in [2.45, 2.75) is 32.5 Å². The van der Waals surface area contributed by atoms with Gasteiger partial charge in [-0.05, 0) is 31.4 Å². The molecule has 1 aromatic carbocycles. The maximum Gasteiger partial charge on any atom is 0.411 e. The summed E-state index contributed by atoms with van der Waals surface area (Å²) in [5.41, 5.74) is 3.59. The van der Waals surface area contributed by atoms with Gasteiger partial charge in [-0.3, -0.25) is 4.99 Å². The number of aryl methyl sites for hydroxylation is 2. The van der Waals surface area contributed by atoms with Crippen molar-refractivity contribution in [3.05, 3.63) is 34.9 Å². The molecule has 0 bridgehead atoms. The Balaban J connectivity index is 1.82. The van der Waals surface area contributed by atoms with E-state index in [1.165, 1.54) is 16.7 Å². The van der Waals surface area contributed by atoms with Crippen molar-refractivity contribution in [2.75, 3.05) is 46.5 Å². The summed E-state index contributed by atoms with van der Waals surface area (Å²) in [5.74, 6) is 0.726. The van der Waals surface area contributed by atoms with Crippen molar-refractivity contribution < 1.29 is 22.6 Å². The summed E-state index contributed by atoms with van der Waals surface area (Å²) in [7, 11) is 1.70. The lowest BCUT2D eigenvalue weighted by molar-refractivity contribution is -0.173. The first-order valence-corrected chi connectivity index (χ1v) is 9.09. The van der Waals surface area contributed by atoms with Crippen molar-refractivity contribution in [3.63, 3.8) is 0 Å². The summed E-state index contributed by atoms with van der Waals surface area (Å²) < 4.78 is 46.7. The van der Waals surface area contributed by atoms with Crippen LogP contribution in [0.15, 0.2) is 23.2 Å². The van der Waals surface area contributed by atoms with Gasteiger partial charge in [-0.1, -0.05) is 23.8 Å². The van der Waals surface area contributed by atoms with Crippen molar-refractivity contribution in [3.8, 4) is 0 Å². The van der Waals surface area contributed by atoms with Crippen LogP contribution in [0.3, 0.4) is 0 Å². The molecule has 0 aliphatic carbocycles. The highest BCUT2D eigenvalue weighted by atomic mass is 19.4. The van der Waals surface area contributed by atoms with E-state index >= 15 is 0 Å². The number of halogens is 3. The molecule has 1 atom stereocenters. The highest BCUT2D eigenvalue weighted by molar-refractivity contribution is 5.80. The van der Waals surface area contributed by atoms with Crippen molar-refractivity contribution in [1.82, 2.24) is 10.2 Å². The molecule has 0 aromatic heterocycles. The monoisotopic (exact) mass is 387 g/mol. The second-order valence-electron chi connectivity index (χ2n) is 6.66. The number of nitrogens with zero attached hydrogens (tertiary/aromatic N) is 2. The number of morpholine rings is 1. The number of alkyl halides is 3. The fraction of sp³-hybridized carbons (Fsp3) is 0.632. The molecule has 0 spiro atoms. The molecule has 1 fully saturated rings. The minimum atomic E-state index is -4.28. The predicted octanol–water partition coefficient (Wildman–Crippen LogP) is 3.22. The molecule has 1 N–H and O–H groups in total. The van der Waals surface area contributed by atoms with Gasteiger partial charge in [0.05, 0.1) is 13.2 Å². The largest absolute Gasteiger partial charge is 0.411 e. The Morgan fingerprint density at radius 3 is 2.81 bits per heavy atom. The lowest BCUT2D eigenvalue weighted by Crippen LogP contribution is -2.48. The molecule has 152 valence electrons. The highest BCUT2D eigenvalue weighted by Crippen LogP contribution is 2.25. The number of guanidine groups is 1. The molecule has 0 amide bonds. The quantitative estimate of drug-likeness (QED) is 0.463. The number of hydrogen-bond acceptors (Lipinski definition) is 3. The van der Waals surface area contributed by atoms with Crippen LogP contribution in [0.4, 0.5) is 13.2 Å². The van der Waals surface area contributed by atoms with Crippen LogP contribution in [0.1, 0.15) is 29.2 Å². The van der Waals surface area contributed by atoms with Gasteiger partial charge in [0.25, 0.3) is 0 Å². The van der Waals surface area contributed by atoms with Crippen LogP contribution in [0, 0.1) is 13.8 Å². The SMILES string of the molecule is CN=C(NCCCOCC(F)(F)F)N1CCOC(c2ccc(C)cc2C)C1. The fourth-order valence-corrected chi connectivity index (χ4v) is 3.11. The first-order valence-electron chi connectivity index (χ1n) is 9.09. The predicted molar refractivity (Wildman–Crippen MR) is 99.0 cm³/mol. The van der Waals surface area contributed by atoms with E-state index < -0.39 is 12.8 Å². The van der Waals surface area contributed by atoms with Crippen LogP contribution in [-0.4, -0.2) is 63.5 Å². The average molecular weight is 387 g/mol. The summed E-state index contributed by atoms with van der Waals surface area (Å²) in [6.45, 7) is 5.47. The number of benzene rings is 1. The summed E-state index contributed by atoms with van der Waals surface area (Å²) in [5, 5.41) is 3.19. The Hall–Kier alpha value is -1.80. The second-order valence-corrected chi connectivity index (χ2v) is 6.66. The summed E-state index contributed by atoms with van der Waals surface area (Å²) in [6, 6.07) is 6.33. The minimum absolute atomic E-state index is 0.0342. The lowest BCUT2D eigenvalue weighted by Gasteiger charge is -2.35. The zero-order valence-electron chi connectivity index (χ0n) is 16.1. The van der Waals surface area contributed by atoms with Crippen molar-refractivity contribution >= 4 is 5.96 Å². The van der Waals surface area contributed by atoms with Crippen LogP contribution in [0.25, 0.3) is 0 Å². The zero-order valence-corrected chi connectivity index (χ0v) is 16.1. The van der Waals surface area contributed by atoms with Crippen LogP contribution >= 0.6 is 0 Å². The smallest absolute Gasteiger partial charge is 0.372 e. The van der Waals surface area contributed by atoms with E-state index in [1.807, 2.05) is 0 Å². The average Bonchev–Trinajstić information content (AvgIpc) is 2.60. The van der Waals surface area contributed by atoms with Crippen LogP contribution in [-0.2, 0) is 9.47 Å². The number of ether oxygens (including phenoxy) is 2. The van der Waals surface area contributed by atoms with Gasteiger partial charge in [0.1, 0.15) is 12.7 Å². The summed E-state index contributed by atoms with van der Waals surface area (Å²) >= 11 is 0. The number of aliphatic imine (C=N–C) groups is 1. The molecule has 0 radical (unpaired) electrons. The molecular weight excluding hydrogens is 359 g/mol. The van der Waals surface area contributed by atoms with E-state index in [4.69, 9.17) is 4.74 Å². The third-order valence-corrected chi connectivity index (χ3v) is 4.36. The topological polar surface area (TPSA) is 46.1 Å². The Morgan fingerprint density at radius 1 is 1.37 bits per heavy atom. The normalized spacial score (nSPS) is 18.7. The van der Waals surface area contributed by atoms with E-state index in [9.17, 15) is 13.2 Å². The van der Waals surface area contributed by atoms with Crippen molar-refractivity contribution in [1.29, 1.82) is 0 Å². The molecule has 2 rings (SSSR count). The second kappa shape index (κ2) is 9.94. The summed E-state index contributed by atoms with van der Waals surface area (Å²) in [6.07, 6.45) is -3.84. The molecular formula is C19H28F3N3O2. The van der Waals surface area contributed by atoms with E-state index in [2.05, 4.69) is 52.0 Å². The lowest BCUT2D eigenvalue weighted by atomic mass is 10.00. The third kappa shape index (κ3) is 7.03. The van der Waals surface area contributed by atoms with E-state index in [-0.39, 0.29) is 12.7 Å². The van der Waals surface area contributed by atoms with Gasteiger partial charge in [0, 0.05) is 26.7 Å². The van der Waals surface area contributed by atoms with E-state index in [1.54, 1.807) is 7.05 Å². The van der Waals surface area contributed by atoms with Gasteiger partial charge in [-0.2, -0.15) is 13.2 Å². The molecule has 8 heteroatoms. The maximum absolute atomic E-state index is 12.0. The molecule has 0 saturated carbocycles. The Morgan fingerprint density at radius 2 is 2.15 bits per heavy atom. The minimum Gasteiger partial charge on any atom is -0.372 e.